The first-order chi connectivity index (χ1) is 7.64. The molecule has 0 amide bonds. The lowest BCUT2D eigenvalue weighted by molar-refractivity contribution is 0.151. The standard InChI is InChI=1S/C13H23NOS/c1-13(2,7-9-15-3)11-14-8-6-12-5-4-10-16-12/h4-5,10,14H,6-9,11H2,1-3H3. The molecule has 0 aliphatic carbocycles. The minimum atomic E-state index is 0.325. The number of methoxy groups -OCH3 is 1. The maximum Gasteiger partial charge on any atom is 0.0467 e. The van der Waals surface area contributed by atoms with E-state index in [0.29, 0.717) is 5.41 Å². The molecule has 16 heavy (non-hydrogen) atoms. The molecule has 0 aromatic carbocycles. The zero-order valence-electron chi connectivity index (χ0n) is 10.6. The maximum absolute atomic E-state index is 5.12. The normalized spacial score (nSPS) is 11.9. The first-order valence-electron chi connectivity index (χ1n) is 5.86. The molecule has 92 valence electrons. The van der Waals surface area contributed by atoms with E-state index >= 15 is 0 Å². The van der Waals surface area contributed by atoms with E-state index in [1.165, 1.54) is 4.88 Å². The summed E-state index contributed by atoms with van der Waals surface area (Å²) in [7, 11) is 1.76. The average molecular weight is 241 g/mol. The zero-order chi connectivity index (χ0) is 11.9. The van der Waals surface area contributed by atoms with Gasteiger partial charge in [-0.2, -0.15) is 0 Å². The van der Waals surface area contributed by atoms with Crippen LogP contribution in [0.15, 0.2) is 17.5 Å². The van der Waals surface area contributed by atoms with Crippen LogP contribution in [0.4, 0.5) is 0 Å². The molecule has 1 rings (SSSR count). The fraction of sp³-hybridized carbons (Fsp3) is 0.692. The molecule has 3 heteroatoms. The van der Waals surface area contributed by atoms with Crippen molar-refractivity contribution in [2.75, 3.05) is 26.8 Å². The molecule has 1 heterocycles. The molecule has 0 fully saturated rings. The molecule has 0 atom stereocenters. The van der Waals surface area contributed by atoms with Crippen LogP contribution in [0.2, 0.25) is 0 Å². The molecular formula is C13H23NOS. The van der Waals surface area contributed by atoms with Crippen LogP contribution >= 0.6 is 11.3 Å². The van der Waals surface area contributed by atoms with Crippen LogP contribution in [-0.4, -0.2) is 26.8 Å². The topological polar surface area (TPSA) is 21.3 Å². The lowest BCUT2D eigenvalue weighted by Crippen LogP contribution is -2.31. The summed E-state index contributed by atoms with van der Waals surface area (Å²) in [4.78, 5) is 1.46. The average Bonchev–Trinajstić information content (AvgIpc) is 2.75. The summed E-state index contributed by atoms with van der Waals surface area (Å²) in [6.07, 6.45) is 2.24. The van der Waals surface area contributed by atoms with E-state index in [1.54, 1.807) is 7.11 Å². The number of rotatable bonds is 8. The van der Waals surface area contributed by atoms with E-state index < -0.39 is 0 Å². The largest absolute Gasteiger partial charge is 0.385 e. The number of hydrogen-bond donors (Lipinski definition) is 1. The highest BCUT2D eigenvalue weighted by atomic mass is 32.1. The molecule has 1 N–H and O–H groups in total. The summed E-state index contributed by atoms with van der Waals surface area (Å²) < 4.78 is 5.12. The van der Waals surface area contributed by atoms with Gasteiger partial charge in [0.2, 0.25) is 0 Å². The Bertz CT molecular complexity index is 269. The minimum Gasteiger partial charge on any atom is -0.385 e. The van der Waals surface area contributed by atoms with Crippen LogP contribution in [0.3, 0.4) is 0 Å². The van der Waals surface area contributed by atoms with Crippen molar-refractivity contribution >= 4 is 11.3 Å². The molecule has 2 nitrogen and oxygen atoms in total. The van der Waals surface area contributed by atoms with Crippen molar-refractivity contribution in [1.82, 2.24) is 5.32 Å². The fourth-order valence-corrected chi connectivity index (χ4v) is 2.27. The summed E-state index contributed by atoms with van der Waals surface area (Å²) in [6, 6.07) is 4.31. The summed E-state index contributed by atoms with van der Waals surface area (Å²) >= 11 is 1.83. The Labute approximate surface area is 103 Å². The molecule has 0 saturated heterocycles. The Morgan fingerprint density at radius 1 is 1.44 bits per heavy atom. The Balaban J connectivity index is 2.10. The van der Waals surface area contributed by atoms with Gasteiger partial charge in [-0.15, -0.1) is 11.3 Å². The van der Waals surface area contributed by atoms with Crippen LogP contribution in [-0.2, 0) is 11.2 Å². The lowest BCUT2D eigenvalue weighted by Gasteiger charge is -2.24. The number of ether oxygens (including phenoxy) is 1. The van der Waals surface area contributed by atoms with Crippen molar-refractivity contribution in [3.63, 3.8) is 0 Å². The van der Waals surface area contributed by atoms with Crippen molar-refractivity contribution in [2.24, 2.45) is 5.41 Å². The van der Waals surface area contributed by atoms with Crippen molar-refractivity contribution in [3.8, 4) is 0 Å². The smallest absolute Gasteiger partial charge is 0.0467 e. The minimum absolute atomic E-state index is 0.325. The molecule has 0 spiro atoms. The Morgan fingerprint density at radius 3 is 2.88 bits per heavy atom. The summed E-state index contributed by atoms with van der Waals surface area (Å²) in [5, 5.41) is 5.66. The van der Waals surface area contributed by atoms with Gasteiger partial charge in [-0.25, -0.2) is 0 Å². The van der Waals surface area contributed by atoms with Crippen LogP contribution < -0.4 is 5.32 Å². The Morgan fingerprint density at radius 2 is 2.25 bits per heavy atom. The van der Waals surface area contributed by atoms with Crippen LogP contribution in [0.25, 0.3) is 0 Å². The predicted molar refractivity (Wildman–Crippen MR) is 71.2 cm³/mol. The van der Waals surface area contributed by atoms with E-state index in [9.17, 15) is 0 Å². The van der Waals surface area contributed by atoms with Gasteiger partial charge in [-0.05, 0) is 36.2 Å². The van der Waals surface area contributed by atoms with Crippen molar-refractivity contribution < 1.29 is 4.74 Å². The third-order valence-corrected chi connectivity index (χ3v) is 3.65. The van der Waals surface area contributed by atoms with Crippen molar-refractivity contribution in [3.05, 3.63) is 22.4 Å². The number of hydrogen-bond acceptors (Lipinski definition) is 3. The maximum atomic E-state index is 5.12. The quantitative estimate of drug-likeness (QED) is 0.707. The van der Waals surface area contributed by atoms with E-state index in [1.807, 2.05) is 11.3 Å². The van der Waals surface area contributed by atoms with Gasteiger partial charge in [0, 0.05) is 25.1 Å². The van der Waals surface area contributed by atoms with Gasteiger partial charge in [0.05, 0.1) is 0 Å². The Kier molecular flexibility index (Phi) is 6.03. The van der Waals surface area contributed by atoms with E-state index in [2.05, 4.69) is 36.7 Å². The molecule has 0 aliphatic rings. The second-order valence-corrected chi connectivity index (χ2v) is 5.95. The SMILES string of the molecule is COCCC(C)(C)CNCCc1cccs1. The Hall–Kier alpha value is -0.380. The van der Waals surface area contributed by atoms with Crippen molar-refractivity contribution in [2.45, 2.75) is 26.7 Å². The number of nitrogens with one attached hydrogen (secondary N) is 1. The molecule has 0 saturated carbocycles. The molecule has 0 unspecified atom stereocenters. The van der Waals surface area contributed by atoms with Gasteiger partial charge < -0.3 is 10.1 Å². The second kappa shape index (κ2) is 7.05. The molecule has 1 aromatic rings. The van der Waals surface area contributed by atoms with Crippen LogP contribution in [0, 0.1) is 5.41 Å². The number of thiophene rings is 1. The highest BCUT2D eigenvalue weighted by Gasteiger charge is 2.16. The lowest BCUT2D eigenvalue weighted by atomic mass is 9.90. The molecule has 0 aliphatic heterocycles. The molecule has 1 aromatic heterocycles. The van der Waals surface area contributed by atoms with Gasteiger partial charge in [-0.1, -0.05) is 19.9 Å². The highest BCUT2D eigenvalue weighted by Crippen LogP contribution is 2.18. The van der Waals surface area contributed by atoms with E-state index in [0.717, 1.165) is 32.5 Å². The summed E-state index contributed by atoms with van der Waals surface area (Å²) in [5.41, 5.74) is 0.325. The van der Waals surface area contributed by atoms with Crippen LogP contribution in [0.5, 0.6) is 0 Å². The highest BCUT2D eigenvalue weighted by molar-refractivity contribution is 7.09. The fourth-order valence-electron chi connectivity index (χ4n) is 1.56. The van der Waals surface area contributed by atoms with Gasteiger partial charge in [0.15, 0.2) is 0 Å². The first-order valence-corrected chi connectivity index (χ1v) is 6.74. The molecular weight excluding hydrogens is 218 g/mol. The van der Waals surface area contributed by atoms with E-state index in [4.69, 9.17) is 4.74 Å². The van der Waals surface area contributed by atoms with Gasteiger partial charge >= 0.3 is 0 Å². The zero-order valence-corrected chi connectivity index (χ0v) is 11.4. The van der Waals surface area contributed by atoms with Crippen LogP contribution in [0.1, 0.15) is 25.1 Å². The third kappa shape index (κ3) is 5.64. The second-order valence-electron chi connectivity index (χ2n) is 4.91. The van der Waals surface area contributed by atoms with Gasteiger partial charge in [-0.3, -0.25) is 0 Å². The molecule has 0 bridgehead atoms. The monoisotopic (exact) mass is 241 g/mol. The van der Waals surface area contributed by atoms with Gasteiger partial charge in [0.25, 0.3) is 0 Å². The van der Waals surface area contributed by atoms with E-state index in [-0.39, 0.29) is 0 Å². The van der Waals surface area contributed by atoms with Crippen molar-refractivity contribution in [1.29, 1.82) is 0 Å². The first kappa shape index (κ1) is 13.7. The summed E-state index contributed by atoms with van der Waals surface area (Å²) in [5.74, 6) is 0. The summed E-state index contributed by atoms with van der Waals surface area (Å²) in [6.45, 7) is 7.53. The predicted octanol–water partition coefficient (Wildman–Crippen LogP) is 2.94. The van der Waals surface area contributed by atoms with Gasteiger partial charge in [0.1, 0.15) is 0 Å². The third-order valence-electron chi connectivity index (χ3n) is 2.71. The molecule has 0 radical (unpaired) electrons.